The molecule has 1 unspecified atom stereocenters. The van der Waals surface area contributed by atoms with Gasteiger partial charge in [0.15, 0.2) is 0 Å². The maximum absolute atomic E-state index is 14.2. The van der Waals surface area contributed by atoms with Crippen LogP contribution in [0.5, 0.6) is 5.75 Å². The van der Waals surface area contributed by atoms with E-state index < -0.39 is 6.10 Å². The Balaban J connectivity index is 1.10. The molecule has 0 radical (unpaired) electrons. The summed E-state index contributed by atoms with van der Waals surface area (Å²) >= 11 is 0. The number of aliphatic hydroxyl groups excluding tert-OH is 1. The van der Waals surface area contributed by atoms with Crippen molar-refractivity contribution in [2.75, 3.05) is 20.2 Å². The number of rotatable bonds is 8. The van der Waals surface area contributed by atoms with Gasteiger partial charge in [-0.25, -0.2) is 4.79 Å². The molecular weight excluding hydrogens is 642 g/mol. The lowest BCUT2D eigenvalue weighted by atomic mass is 9.49. The first-order valence-electron chi connectivity index (χ1n) is 19.0. The number of β-amino-alcohol motifs (C(OH)–C–C–N with tert-alkyl or cyclic N) is 1. The number of hydrogen-bond donors (Lipinski definition) is 2. The van der Waals surface area contributed by atoms with Crippen LogP contribution in [0.15, 0.2) is 48.9 Å². The summed E-state index contributed by atoms with van der Waals surface area (Å²) in [6.07, 6.45) is 14.4. The van der Waals surface area contributed by atoms with Gasteiger partial charge in [0.1, 0.15) is 11.9 Å². The maximum atomic E-state index is 14.2. The quantitative estimate of drug-likeness (QED) is 0.255. The number of methoxy groups -OCH3 is 1. The predicted octanol–water partition coefficient (Wildman–Crippen LogP) is 7.23. The number of aromatic nitrogens is 3. The van der Waals surface area contributed by atoms with Gasteiger partial charge in [-0.3, -0.25) is 14.5 Å². The zero-order valence-electron chi connectivity index (χ0n) is 31.0. The van der Waals surface area contributed by atoms with Crippen LogP contribution in [0.1, 0.15) is 114 Å². The molecule has 1 saturated heterocycles. The van der Waals surface area contributed by atoms with Gasteiger partial charge in [0.2, 0.25) is 5.91 Å². The van der Waals surface area contributed by atoms with Crippen LogP contribution in [-0.2, 0) is 20.5 Å². The summed E-state index contributed by atoms with van der Waals surface area (Å²) in [7, 11) is 1.73. The number of benzene rings is 1. The van der Waals surface area contributed by atoms with Gasteiger partial charge in [0, 0.05) is 37.0 Å². The van der Waals surface area contributed by atoms with Crippen LogP contribution in [0.4, 0.5) is 4.79 Å². The number of likely N-dealkylation sites (tertiary alicyclic amines) is 1. The SMILES string of the molecule is COc1ccc(C23CCC([C@H](NC(=O)C4CCC(OC(=O)N5CCC(O)C5)CC4)c4cc(-c5cnn(C(C)(C)C)c5)ccn4)(CC2)CC3)cc1C. The molecule has 5 fully saturated rings. The summed E-state index contributed by atoms with van der Waals surface area (Å²) in [5.41, 5.74) is 5.50. The van der Waals surface area contributed by atoms with Crippen molar-refractivity contribution in [3.63, 3.8) is 0 Å². The van der Waals surface area contributed by atoms with Gasteiger partial charge < -0.3 is 24.8 Å². The third-order valence-electron chi connectivity index (χ3n) is 12.6. The second-order valence-corrected chi connectivity index (χ2v) is 16.8. The number of carbonyl (C=O) groups excluding carboxylic acids is 2. The van der Waals surface area contributed by atoms with E-state index in [0.717, 1.165) is 61.1 Å². The molecule has 3 heterocycles. The van der Waals surface area contributed by atoms with Gasteiger partial charge in [-0.05, 0) is 144 Å². The van der Waals surface area contributed by atoms with Crippen molar-refractivity contribution in [3.05, 3.63) is 65.7 Å². The minimum Gasteiger partial charge on any atom is -0.496 e. The first kappa shape index (κ1) is 35.5. The second-order valence-electron chi connectivity index (χ2n) is 16.8. The second kappa shape index (κ2) is 13.9. The van der Waals surface area contributed by atoms with Crippen LogP contribution < -0.4 is 10.1 Å². The third-order valence-corrected chi connectivity index (χ3v) is 12.6. The number of aliphatic hydroxyl groups is 1. The van der Waals surface area contributed by atoms with Gasteiger partial charge in [0.05, 0.1) is 36.7 Å². The Morgan fingerprint density at radius 1 is 0.980 bits per heavy atom. The summed E-state index contributed by atoms with van der Waals surface area (Å²) in [6.45, 7) is 9.40. The van der Waals surface area contributed by atoms with Crippen LogP contribution in [0.25, 0.3) is 11.1 Å². The number of carbonyl (C=O) groups is 2. The monoisotopic (exact) mass is 697 g/mol. The van der Waals surface area contributed by atoms with Crippen molar-refractivity contribution < 1.29 is 24.2 Å². The zero-order valence-corrected chi connectivity index (χ0v) is 31.0. The molecule has 2 amide bonds. The fraction of sp³-hybridized carbons (Fsp3) is 0.610. The Morgan fingerprint density at radius 3 is 2.31 bits per heavy atom. The van der Waals surface area contributed by atoms with Crippen molar-refractivity contribution in [2.24, 2.45) is 11.3 Å². The summed E-state index contributed by atoms with van der Waals surface area (Å²) < 4.78 is 13.4. The van der Waals surface area contributed by atoms with E-state index in [1.165, 1.54) is 11.1 Å². The number of aryl methyl sites for hydroxylation is 1. The maximum Gasteiger partial charge on any atom is 0.410 e. The number of nitrogens with zero attached hydrogens (tertiary/aromatic N) is 4. The van der Waals surface area contributed by atoms with Crippen molar-refractivity contribution in [1.82, 2.24) is 25.0 Å². The fourth-order valence-corrected chi connectivity index (χ4v) is 9.28. The van der Waals surface area contributed by atoms with Crippen LogP contribution in [0.3, 0.4) is 0 Å². The highest BCUT2D eigenvalue weighted by Gasteiger charge is 2.54. The number of pyridine rings is 1. The highest BCUT2D eigenvalue weighted by Crippen LogP contribution is 2.62. The van der Waals surface area contributed by atoms with E-state index >= 15 is 0 Å². The molecule has 274 valence electrons. The molecule has 3 aromatic rings. The fourth-order valence-electron chi connectivity index (χ4n) is 9.28. The molecule has 2 bridgehead atoms. The van der Waals surface area contributed by atoms with Gasteiger partial charge in [-0.1, -0.05) is 12.1 Å². The van der Waals surface area contributed by atoms with Crippen LogP contribution in [-0.4, -0.2) is 69.2 Å². The molecule has 8 rings (SSSR count). The molecule has 0 spiro atoms. The molecule has 2 aromatic heterocycles. The van der Waals surface area contributed by atoms with E-state index in [9.17, 15) is 14.7 Å². The summed E-state index contributed by atoms with van der Waals surface area (Å²) in [4.78, 5) is 33.4. The Morgan fingerprint density at radius 2 is 1.71 bits per heavy atom. The van der Waals surface area contributed by atoms with E-state index in [1.807, 2.05) is 23.1 Å². The van der Waals surface area contributed by atoms with E-state index in [-0.39, 0.29) is 46.4 Å². The summed E-state index contributed by atoms with van der Waals surface area (Å²) in [5.74, 6) is 0.855. The smallest absolute Gasteiger partial charge is 0.410 e. The Kier molecular flexibility index (Phi) is 9.67. The van der Waals surface area contributed by atoms with Gasteiger partial charge in [0.25, 0.3) is 0 Å². The molecule has 2 N–H and O–H groups in total. The lowest BCUT2D eigenvalue weighted by molar-refractivity contribution is -0.129. The number of fused-ring (bicyclic) bond motifs is 3. The van der Waals surface area contributed by atoms with Crippen molar-refractivity contribution in [3.8, 4) is 16.9 Å². The van der Waals surface area contributed by atoms with E-state index in [1.54, 1.807) is 12.0 Å². The highest BCUT2D eigenvalue weighted by molar-refractivity contribution is 5.79. The van der Waals surface area contributed by atoms with Gasteiger partial charge >= 0.3 is 6.09 Å². The number of amides is 2. The Bertz CT molecular complexity index is 1710. The summed E-state index contributed by atoms with van der Waals surface area (Å²) in [5, 5.41) is 18.1. The molecule has 4 saturated carbocycles. The summed E-state index contributed by atoms with van der Waals surface area (Å²) in [6, 6.07) is 10.7. The average Bonchev–Trinajstić information content (AvgIpc) is 3.82. The molecular formula is C41H55N5O5. The first-order valence-corrected chi connectivity index (χ1v) is 19.0. The average molecular weight is 698 g/mol. The minimum atomic E-state index is -0.475. The molecule has 10 heteroatoms. The normalized spacial score (nSPS) is 28.4. The van der Waals surface area contributed by atoms with Gasteiger partial charge in [-0.2, -0.15) is 5.10 Å². The number of hydrogen-bond acceptors (Lipinski definition) is 7. The molecule has 10 nitrogen and oxygen atoms in total. The molecule has 1 aromatic carbocycles. The number of ether oxygens (including phenoxy) is 2. The van der Waals surface area contributed by atoms with Crippen molar-refractivity contribution in [1.29, 1.82) is 0 Å². The van der Waals surface area contributed by atoms with E-state index in [4.69, 9.17) is 14.5 Å². The number of nitrogens with one attached hydrogen (secondary N) is 1. The molecule has 2 atom stereocenters. The minimum absolute atomic E-state index is 0.0720. The zero-order chi connectivity index (χ0) is 36.0. The lowest BCUT2D eigenvalue weighted by Crippen LogP contribution is -2.52. The van der Waals surface area contributed by atoms with Crippen LogP contribution in [0.2, 0.25) is 0 Å². The highest BCUT2D eigenvalue weighted by atomic mass is 16.6. The molecule has 51 heavy (non-hydrogen) atoms. The Labute approximate surface area is 302 Å². The van der Waals surface area contributed by atoms with E-state index in [2.05, 4.69) is 68.6 Å². The molecule has 1 aliphatic heterocycles. The largest absolute Gasteiger partial charge is 0.496 e. The Hall–Kier alpha value is -3.92. The van der Waals surface area contributed by atoms with Crippen molar-refractivity contribution in [2.45, 2.75) is 128 Å². The molecule has 4 aliphatic carbocycles. The predicted molar refractivity (Wildman–Crippen MR) is 195 cm³/mol. The first-order chi connectivity index (χ1) is 24.4. The molecule has 5 aliphatic rings. The van der Waals surface area contributed by atoms with Gasteiger partial charge in [-0.15, -0.1) is 0 Å². The topological polar surface area (TPSA) is 119 Å². The third kappa shape index (κ3) is 7.13. The standard InChI is InChI=1S/C41H55N5O5/c1-27-22-31(8-11-35(27)50-5)40-14-17-41(18-15-40,19-16-40)36(34-23-29(12-20-42-34)30-24-43-46(25-30)39(2,3)4)44-37(48)28-6-9-33(10-7-28)51-38(49)45-21-13-32(47)26-45/h8,11-12,20,22-25,28,32-33,36,47H,6-7,9-10,13-19,21,26H2,1-5H3,(H,44,48)/t28?,32?,33?,36-,40?,41?/m1/s1. The van der Waals surface area contributed by atoms with Crippen LogP contribution >= 0.6 is 0 Å². The van der Waals surface area contributed by atoms with Crippen LogP contribution in [0, 0.1) is 18.3 Å². The van der Waals surface area contributed by atoms with E-state index in [0.29, 0.717) is 45.2 Å². The van der Waals surface area contributed by atoms with Crippen molar-refractivity contribution >= 4 is 12.0 Å². The lowest BCUT2D eigenvalue weighted by Gasteiger charge is -2.56.